The maximum atomic E-state index is 3.72. The van der Waals surface area contributed by atoms with Crippen molar-refractivity contribution in [3.63, 3.8) is 0 Å². The van der Waals surface area contributed by atoms with Gasteiger partial charge >= 0.3 is 0 Å². The van der Waals surface area contributed by atoms with Crippen LogP contribution in [0.1, 0.15) is 0 Å². The quantitative estimate of drug-likeness (QED) is 0.444. The topological polar surface area (TPSA) is 3.24 Å². The summed E-state index contributed by atoms with van der Waals surface area (Å²) in [6.45, 7) is 5.36. The van der Waals surface area contributed by atoms with Gasteiger partial charge in [0.05, 0.1) is 6.54 Å². The van der Waals surface area contributed by atoms with Crippen LogP contribution in [0.4, 0.5) is 0 Å². The highest BCUT2D eigenvalue weighted by Gasteiger charge is 1.91. The Morgan fingerprint density at radius 3 is 3.00 bits per heavy atom. The fourth-order valence-corrected chi connectivity index (χ4v) is 0.555. The van der Waals surface area contributed by atoms with E-state index in [1.54, 1.807) is 0 Å². The van der Waals surface area contributed by atoms with Gasteiger partial charge in [-0.1, -0.05) is 11.8 Å². The van der Waals surface area contributed by atoms with Gasteiger partial charge in [0.2, 0.25) is 0 Å². The summed E-state index contributed by atoms with van der Waals surface area (Å²) in [6, 6.07) is 0. The van der Waals surface area contributed by atoms with Crippen LogP contribution in [-0.2, 0) is 0 Å². The van der Waals surface area contributed by atoms with Crippen molar-refractivity contribution in [2.45, 2.75) is 0 Å². The van der Waals surface area contributed by atoms with E-state index in [2.05, 4.69) is 23.7 Å². The minimum absolute atomic E-state index is 0.811. The Bertz CT molecular complexity index is 148. The van der Waals surface area contributed by atoms with E-state index >= 15 is 0 Å². The van der Waals surface area contributed by atoms with Crippen LogP contribution in [0.25, 0.3) is 0 Å². The molecule has 1 nitrogen and oxygen atoms in total. The Morgan fingerprint density at radius 1 is 1.75 bits per heavy atom. The minimum atomic E-state index is 0.811. The third-order valence-corrected chi connectivity index (χ3v) is 1.04. The first-order valence-corrected chi connectivity index (χ1v) is 2.62. The Morgan fingerprint density at radius 2 is 2.62 bits per heavy atom. The number of allylic oxidation sites excluding steroid dienone is 1. The molecule has 0 fully saturated rings. The lowest BCUT2D eigenvalue weighted by Crippen LogP contribution is -2.17. The second-order valence-corrected chi connectivity index (χ2v) is 1.61. The van der Waals surface area contributed by atoms with E-state index in [1.807, 2.05) is 12.3 Å². The molecule has 8 heavy (non-hydrogen) atoms. The molecule has 1 radical (unpaired) electrons. The molecule has 1 heteroatoms. The van der Waals surface area contributed by atoms with E-state index < -0.39 is 0 Å². The van der Waals surface area contributed by atoms with Gasteiger partial charge in [-0.15, -0.1) is 0 Å². The third kappa shape index (κ3) is 1.04. The predicted octanol–water partition coefficient (Wildman–Crippen LogP) is 0.653. The van der Waals surface area contributed by atoms with Gasteiger partial charge in [0.25, 0.3) is 0 Å². The van der Waals surface area contributed by atoms with Crippen molar-refractivity contribution in [1.29, 1.82) is 0 Å². The molecule has 0 spiro atoms. The molecule has 1 heterocycles. The molecule has 0 aromatic rings. The molecule has 0 aromatic carbocycles. The molecular weight excluding hydrogens is 98.1 g/mol. The number of nitrogens with zero attached hydrogens (tertiary/aromatic N) is 1. The summed E-state index contributed by atoms with van der Waals surface area (Å²) in [6.07, 6.45) is 3.80. The first-order chi connectivity index (χ1) is 3.93. The highest BCUT2D eigenvalue weighted by atomic mass is 15.1. The highest BCUT2D eigenvalue weighted by molar-refractivity contribution is 5.20. The summed E-state index contributed by atoms with van der Waals surface area (Å²) in [5.41, 5.74) is 0. The molecular formula is C7H8N. The molecule has 0 saturated carbocycles. The van der Waals surface area contributed by atoms with Crippen LogP contribution in [0.2, 0.25) is 0 Å². The number of rotatable bonds is 1. The van der Waals surface area contributed by atoms with Crippen LogP contribution < -0.4 is 0 Å². The summed E-state index contributed by atoms with van der Waals surface area (Å²) in [4.78, 5) is 2.05. The van der Waals surface area contributed by atoms with Crippen molar-refractivity contribution in [2.24, 2.45) is 0 Å². The molecule has 0 aromatic heterocycles. The van der Waals surface area contributed by atoms with E-state index in [4.69, 9.17) is 0 Å². The van der Waals surface area contributed by atoms with Crippen LogP contribution >= 0.6 is 0 Å². The zero-order valence-electron chi connectivity index (χ0n) is 4.72. The van der Waals surface area contributed by atoms with Gasteiger partial charge < -0.3 is 4.90 Å². The molecule has 0 atom stereocenters. The summed E-state index contributed by atoms with van der Waals surface area (Å²) in [5, 5.41) is 0. The zero-order valence-corrected chi connectivity index (χ0v) is 4.72. The SMILES string of the molecule is [CH2]CN1C=CC#CC1. The van der Waals surface area contributed by atoms with Crippen molar-refractivity contribution >= 4 is 0 Å². The molecule has 41 valence electrons. The standard InChI is InChI=1S/C7H8N/c1-2-8-6-4-3-5-7-8/h4,6H,1-2,7H2. The van der Waals surface area contributed by atoms with Crippen LogP contribution in [0.5, 0.6) is 0 Å². The van der Waals surface area contributed by atoms with Crippen LogP contribution in [0.15, 0.2) is 12.3 Å². The monoisotopic (exact) mass is 106 g/mol. The van der Waals surface area contributed by atoms with Gasteiger partial charge in [-0.25, -0.2) is 0 Å². The van der Waals surface area contributed by atoms with Crippen LogP contribution in [-0.4, -0.2) is 18.0 Å². The Balaban J connectivity index is 2.46. The van der Waals surface area contributed by atoms with E-state index in [9.17, 15) is 0 Å². The van der Waals surface area contributed by atoms with E-state index in [-0.39, 0.29) is 0 Å². The van der Waals surface area contributed by atoms with Crippen molar-refractivity contribution in [1.82, 2.24) is 4.90 Å². The van der Waals surface area contributed by atoms with Crippen molar-refractivity contribution < 1.29 is 0 Å². The van der Waals surface area contributed by atoms with Gasteiger partial charge in [0.1, 0.15) is 0 Å². The third-order valence-electron chi connectivity index (χ3n) is 1.04. The smallest absolute Gasteiger partial charge is 0.0792 e. The number of hydrogen-bond acceptors (Lipinski definition) is 1. The summed E-state index contributed by atoms with van der Waals surface area (Å²) in [5.74, 6) is 5.78. The maximum absolute atomic E-state index is 3.72. The van der Waals surface area contributed by atoms with Crippen molar-refractivity contribution in [3.8, 4) is 11.8 Å². The molecule has 1 rings (SSSR count). The van der Waals surface area contributed by atoms with Gasteiger partial charge in [-0.05, 0) is 6.92 Å². The van der Waals surface area contributed by atoms with Gasteiger partial charge in [0, 0.05) is 18.8 Å². The molecule has 0 bridgehead atoms. The van der Waals surface area contributed by atoms with Crippen molar-refractivity contribution in [2.75, 3.05) is 13.1 Å². The molecule has 1 aliphatic heterocycles. The molecule has 0 N–H and O–H groups in total. The zero-order chi connectivity index (χ0) is 5.82. The molecule has 1 aliphatic rings. The average molecular weight is 106 g/mol. The second-order valence-electron chi connectivity index (χ2n) is 1.61. The van der Waals surface area contributed by atoms with E-state index in [0.717, 1.165) is 13.1 Å². The van der Waals surface area contributed by atoms with Gasteiger partial charge in [-0.2, -0.15) is 0 Å². The van der Waals surface area contributed by atoms with Crippen LogP contribution in [0.3, 0.4) is 0 Å². The normalized spacial score (nSPS) is 15.4. The lowest BCUT2D eigenvalue weighted by atomic mass is 10.4. The van der Waals surface area contributed by atoms with Gasteiger partial charge in [-0.3, -0.25) is 0 Å². The highest BCUT2D eigenvalue weighted by Crippen LogP contribution is 1.90. The van der Waals surface area contributed by atoms with Gasteiger partial charge in [0.15, 0.2) is 0 Å². The Hall–Kier alpha value is -0.900. The van der Waals surface area contributed by atoms with E-state index in [1.165, 1.54) is 0 Å². The fourth-order valence-electron chi connectivity index (χ4n) is 0.555. The first-order valence-electron chi connectivity index (χ1n) is 2.62. The molecule has 0 unspecified atom stereocenters. The summed E-state index contributed by atoms with van der Waals surface area (Å²) in [7, 11) is 0. The summed E-state index contributed by atoms with van der Waals surface area (Å²) >= 11 is 0. The Labute approximate surface area is 50.0 Å². The van der Waals surface area contributed by atoms with E-state index in [0.29, 0.717) is 0 Å². The minimum Gasteiger partial charge on any atom is -0.366 e. The van der Waals surface area contributed by atoms with Crippen molar-refractivity contribution in [3.05, 3.63) is 19.2 Å². The molecule has 0 saturated heterocycles. The first kappa shape index (κ1) is 5.24. The second kappa shape index (κ2) is 2.42. The lowest BCUT2D eigenvalue weighted by Gasteiger charge is -2.14. The lowest BCUT2D eigenvalue weighted by molar-refractivity contribution is 0.465. The largest absolute Gasteiger partial charge is 0.366 e. The maximum Gasteiger partial charge on any atom is 0.0792 e. The average Bonchev–Trinajstić information content (AvgIpc) is 1.90. The predicted molar refractivity (Wildman–Crippen MR) is 33.8 cm³/mol. The van der Waals surface area contributed by atoms with Crippen LogP contribution in [0, 0.1) is 18.8 Å². The number of hydrogen-bond donors (Lipinski definition) is 0. The fraction of sp³-hybridized carbons (Fsp3) is 0.286. The molecule has 0 aliphatic carbocycles. The Kier molecular flexibility index (Phi) is 1.58. The molecule has 0 amide bonds. The summed E-state index contributed by atoms with van der Waals surface area (Å²) < 4.78 is 0.